The molecule has 1 aromatic rings. The summed E-state index contributed by atoms with van der Waals surface area (Å²) in [5.41, 5.74) is 7.06. The number of hydrogen-bond donors (Lipinski definition) is 2. The van der Waals surface area contributed by atoms with E-state index >= 15 is 0 Å². The van der Waals surface area contributed by atoms with Gasteiger partial charge in [0, 0.05) is 10.5 Å². The first-order chi connectivity index (χ1) is 8.88. The number of nitrogens with two attached hydrogens (primary N) is 1. The number of carbonyl (C=O) groups excluding carboxylic acids is 1. The molecule has 1 rings (SSSR count). The molecule has 0 aliphatic rings. The number of benzene rings is 1. The average molecular weight is 327 g/mol. The molecule has 1 amide bonds. The fourth-order valence-corrected chi connectivity index (χ4v) is 2.25. The van der Waals surface area contributed by atoms with Gasteiger partial charge in [-0.25, -0.2) is 0 Å². The lowest BCUT2D eigenvalue weighted by molar-refractivity contribution is -0.123. The highest BCUT2D eigenvalue weighted by Crippen LogP contribution is 2.12. The molecule has 0 aromatic heterocycles. The minimum absolute atomic E-state index is 0.0571. The lowest BCUT2D eigenvalue weighted by Crippen LogP contribution is -2.45. The Bertz CT molecular complexity index is 403. The van der Waals surface area contributed by atoms with Crippen LogP contribution < -0.4 is 11.1 Å². The van der Waals surface area contributed by atoms with E-state index < -0.39 is 6.04 Å². The monoisotopic (exact) mass is 326 g/mol. The molecular weight excluding hydrogens is 304 g/mol. The Morgan fingerprint density at radius 2 is 1.84 bits per heavy atom. The van der Waals surface area contributed by atoms with Crippen molar-refractivity contribution in [3.05, 3.63) is 34.3 Å². The van der Waals surface area contributed by atoms with Gasteiger partial charge >= 0.3 is 0 Å². The van der Waals surface area contributed by atoms with Crippen LogP contribution in [0.15, 0.2) is 28.7 Å². The third kappa shape index (κ3) is 6.21. The summed E-state index contributed by atoms with van der Waals surface area (Å²) in [6, 6.07) is 7.81. The van der Waals surface area contributed by atoms with Crippen molar-refractivity contribution in [3.63, 3.8) is 0 Å². The van der Waals surface area contributed by atoms with Crippen LogP contribution in [0, 0.1) is 5.92 Å². The first-order valence-corrected chi connectivity index (χ1v) is 7.48. The normalized spacial score (nSPS) is 14.2. The van der Waals surface area contributed by atoms with Crippen LogP contribution in [-0.4, -0.2) is 18.0 Å². The lowest BCUT2D eigenvalue weighted by Gasteiger charge is -2.18. The van der Waals surface area contributed by atoms with Crippen LogP contribution in [0.1, 0.15) is 32.8 Å². The second-order valence-electron chi connectivity index (χ2n) is 5.48. The van der Waals surface area contributed by atoms with Crippen molar-refractivity contribution in [2.75, 3.05) is 0 Å². The van der Waals surface area contributed by atoms with Crippen LogP contribution in [0.5, 0.6) is 0 Å². The van der Waals surface area contributed by atoms with Gasteiger partial charge in [-0.05, 0) is 43.4 Å². The van der Waals surface area contributed by atoms with Gasteiger partial charge in [0.15, 0.2) is 0 Å². The second kappa shape index (κ2) is 7.65. The van der Waals surface area contributed by atoms with E-state index in [2.05, 4.69) is 47.2 Å². The molecule has 1 aromatic carbocycles. The van der Waals surface area contributed by atoms with Gasteiger partial charge in [0.25, 0.3) is 0 Å². The molecule has 0 heterocycles. The van der Waals surface area contributed by atoms with E-state index in [9.17, 15) is 4.79 Å². The number of hydrogen-bond acceptors (Lipinski definition) is 2. The third-order valence-electron chi connectivity index (χ3n) is 2.91. The van der Waals surface area contributed by atoms with Gasteiger partial charge < -0.3 is 11.1 Å². The largest absolute Gasteiger partial charge is 0.352 e. The van der Waals surface area contributed by atoms with E-state index in [4.69, 9.17) is 5.73 Å². The van der Waals surface area contributed by atoms with E-state index in [1.54, 1.807) is 0 Å². The summed E-state index contributed by atoms with van der Waals surface area (Å²) in [5.74, 6) is 0.376. The summed E-state index contributed by atoms with van der Waals surface area (Å²) in [4.78, 5) is 11.9. The Morgan fingerprint density at radius 1 is 1.26 bits per heavy atom. The van der Waals surface area contributed by atoms with Crippen LogP contribution in [0.2, 0.25) is 0 Å². The highest BCUT2D eigenvalue weighted by atomic mass is 79.9. The Kier molecular flexibility index (Phi) is 6.52. The first-order valence-electron chi connectivity index (χ1n) is 6.69. The summed E-state index contributed by atoms with van der Waals surface area (Å²) in [7, 11) is 0. The molecule has 0 saturated carbocycles. The molecule has 0 radical (unpaired) electrons. The quantitative estimate of drug-likeness (QED) is 0.844. The Hall–Kier alpha value is -0.870. The van der Waals surface area contributed by atoms with Crippen molar-refractivity contribution >= 4 is 21.8 Å². The molecule has 3 nitrogen and oxygen atoms in total. The lowest BCUT2D eigenvalue weighted by atomic mass is 10.0. The zero-order chi connectivity index (χ0) is 14.4. The molecule has 0 bridgehead atoms. The zero-order valence-electron chi connectivity index (χ0n) is 11.8. The molecular formula is C15H23BrN2O. The highest BCUT2D eigenvalue weighted by molar-refractivity contribution is 9.10. The predicted molar refractivity (Wildman–Crippen MR) is 82.9 cm³/mol. The molecule has 0 saturated heterocycles. The fourth-order valence-electron chi connectivity index (χ4n) is 1.99. The SMILES string of the molecule is CC(C)CC(N)C(=O)NC(C)Cc1ccc(Br)cc1. The average Bonchev–Trinajstić information content (AvgIpc) is 2.31. The van der Waals surface area contributed by atoms with Crippen molar-refractivity contribution in [3.8, 4) is 0 Å². The number of nitrogens with one attached hydrogen (secondary N) is 1. The van der Waals surface area contributed by atoms with Crippen molar-refractivity contribution in [1.82, 2.24) is 5.32 Å². The summed E-state index contributed by atoms with van der Waals surface area (Å²) in [6.07, 6.45) is 1.53. The molecule has 2 unspecified atom stereocenters. The molecule has 19 heavy (non-hydrogen) atoms. The third-order valence-corrected chi connectivity index (χ3v) is 3.43. The van der Waals surface area contributed by atoms with Crippen molar-refractivity contribution in [1.29, 1.82) is 0 Å². The topological polar surface area (TPSA) is 55.1 Å². The van der Waals surface area contributed by atoms with E-state index in [-0.39, 0.29) is 11.9 Å². The van der Waals surface area contributed by atoms with Crippen molar-refractivity contribution < 1.29 is 4.79 Å². The Morgan fingerprint density at radius 3 is 2.37 bits per heavy atom. The van der Waals surface area contributed by atoms with Gasteiger partial charge in [-0.2, -0.15) is 0 Å². The van der Waals surface area contributed by atoms with Gasteiger partial charge in [0.2, 0.25) is 5.91 Å². The smallest absolute Gasteiger partial charge is 0.237 e. The maximum atomic E-state index is 11.9. The minimum Gasteiger partial charge on any atom is -0.352 e. The summed E-state index contributed by atoms with van der Waals surface area (Å²) in [6.45, 7) is 6.14. The summed E-state index contributed by atoms with van der Waals surface area (Å²) < 4.78 is 1.06. The molecule has 0 aliphatic heterocycles. The molecule has 4 heteroatoms. The Balaban J connectivity index is 2.44. The second-order valence-corrected chi connectivity index (χ2v) is 6.39. The van der Waals surface area contributed by atoms with Crippen LogP contribution in [-0.2, 0) is 11.2 Å². The van der Waals surface area contributed by atoms with Crippen molar-refractivity contribution in [2.24, 2.45) is 11.7 Å². The number of amides is 1. The van der Waals surface area contributed by atoms with E-state index in [0.717, 1.165) is 17.3 Å². The molecule has 0 aliphatic carbocycles. The van der Waals surface area contributed by atoms with Gasteiger partial charge in [0.1, 0.15) is 0 Å². The van der Waals surface area contributed by atoms with Gasteiger partial charge in [0.05, 0.1) is 6.04 Å². The minimum atomic E-state index is -0.410. The predicted octanol–water partition coefficient (Wildman–Crippen LogP) is 2.87. The van der Waals surface area contributed by atoms with E-state index in [1.807, 2.05) is 19.1 Å². The van der Waals surface area contributed by atoms with Gasteiger partial charge in [-0.1, -0.05) is 41.9 Å². The van der Waals surface area contributed by atoms with E-state index in [1.165, 1.54) is 5.56 Å². The molecule has 0 fully saturated rings. The van der Waals surface area contributed by atoms with Crippen LogP contribution in [0.3, 0.4) is 0 Å². The number of rotatable bonds is 6. The van der Waals surface area contributed by atoms with Gasteiger partial charge in [-0.3, -0.25) is 4.79 Å². The molecule has 3 N–H and O–H groups in total. The molecule has 106 valence electrons. The maximum absolute atomic E-state index is 11.9. The standard InChI is InChI=1S/C15H23BrN2O/c1-10(2)8-14(17)15(19)18-11(3)9-12-4-6-13(16)7-5-12/h4-7,10-11,14H,8-9,17H2,1-3H3,(H,18,19). The summed E-state index contributed by atoms with van der Waals surface area (Å²) in [5, 5.41) is 2.97. The maximum Gasteiger partial charge on any atom is 0.237 e. The Labute approximate surface area is 124 Å². The first kappa shape index (κ1) is 16.2. The van der Waals surface area contributed by atoms with Crippen LogP contribution in [0.25, 0.3) is 0 Å². The van der Waals surface area contributed by atoms with Crippen LogP contribution >= 0.6 is 15.9 Å². The van der Waals surface area contributed by atoms with Gasteiger partial charge in [-0.15, -0.1) is 0 Å². The zero-order valence-corrected chi connectivity index (χ0v) is 13.4. The highest BCUT2D eigenvalue weighted by Gasteiger charge is 2.16. The summed E-state index contributed by atoms with van der Waals surface area (Å²) >= 11 is 3.41. The molecule has 0 spiro atoms. The van der Waals surface area contributed by atoms with Crippen LogP contribution in [0.4, 0.5) is 0 Å². The number of halogens is 1. The van der Waals surface area contributed by atoms with E-state index in [0.29, 0.717) is 5.92 Å². The fraction of sp³-hybridized carbons (Fsp3) is 0.533. The number of carbonyl (C=O) groups is 1. The van der Waals surface area contributed by atoms with Crippen molar-refractivity contribution in [2.45, 2.75) is 45.7 Å². The molecule has 2 atom stereocenters.